The molecule has 1 aromatic heterocycles. The number of amides is 1. The first-order valence-electron chi connectivity index (χ1n) is 10.4. The van der Waals surface area contributed by atoms with E-state index in [0.717, 1.165) is 43.0 Å². The predicted octanol–water partition coefficient (Wildman–Crippen LogP) is 3.03. The molecule has 0 unspecified atom stereocenters. The Labute approximate surface area is 175 Å². The quantitative estimate of drug-likeness (QED) is 0.835. The topological polar surface area (TPSA) is 65.9 Å². The second-order valence-corrected chi connectivity index (χ2v) is 9.55. The van der Waals surface area contributed by atoms with E-state index < -0.39 is 6.10 Å². The van der Waals surface area contributed by atoms with Gasteiger partial charge >= 0.3 is 0 Å². The molecular weight excluding hydrogens is 386 g/mol. The maximum atomic E-state index is 12.6. The van der Waals surface area contributed by atoms with Crippen LogP contribution in [0.1, 0.15) is 47.6 Å². The summed E-state index contributed by atoms with van der Waals surface area (Å²) in [5.41, 5.74) is 4.75. The Morgan fingerprint density at radius 3 is 2.86 bits per heavy atom. The van der Waals surface area contributed by atoms with Crippen molar-refractivity contribution in [2.45, 2.75) is 45.5 Å². The smallest absolute Gasteiger partial charge is 0.228 e. The van der Waals surface area contributed by atoms with E-state index >= 15 is 0 Å². The number of rotatable bonds is 4. The molecular formula is C22H27N3O3S. The summed E-state index contributed by atoms with van der Waals surface area (Å²) in [5.74, 6) is 0.221. The van der Waals surface area contributed by atoms with Gasteiger partial charge in [-0.3, -0.25) is 4.79 Å². The third-order valence-electron chi connectivity index (χ3n) is 6.96. The van der Waals surface area contributed by atoms with Crippen molar-refractivity contribution in [2.24, 2.45) is 5.41 Å². The fourth-order valence-electron chi connectivity index (χ4n) is 5.12. The zero-order valence-corrected chi connectivity index (χ0v) is 17.6. The molecule has 6 nitrogen and oxygen atoms in total. The lowest BCUT2D eigenvalue weighted by molar-refractivity contribution is -0.118. The van der Waals surface area contributed by atoms with E-state index in [-0.39, 0.29) is 11.3 Å². The van der Waals surface area contributed by atoms with Crippen LogP contribution in [0.4, 0.5) is 5.00 Å². The van der Waals surface area contributed by atoms with Crippen LogP contribution >= 0.6 is 11.5 Å². The van der Waals surface area contributed by atoms with E-state index in [9.17, 15) is 9.90 Å². The molecule has 0 saturated carbocycles. The minimum atomic E-state index is -0.492. The standard InChI is InChI=1S/C22H27N3O3S/c1-15-17(3-2-16-12-28-13-18(15)16)19(26)11-24-8-5-22(6-9-24)10-20(27)25(14-22)21-4-7-23-29-21/h2-4,7,19,26H,5-6,8-14H2,1H3/t19-/m0/s1. The van der Waals surface area contributed by atoms with E-state index in [4.69, 9.17) is 4.74 Å². The number of ether oxygens (including phenoxy) is 1. The summed E-state index contributed by atoms with van der Waals surface area (Å²) in [6, 6.07) is 6.08. The molecule has 0 bridgehead atoms. The number of carbonyl (C=O) groups is 1. The summed E-state index contributed by atoms with van der Waals surface area (Å²) < 4.78 is 9.69. The van der Waals surface area contributed by atoms with Crippen molar-refractivity contribution in [3.8, 4) is 0 Å². The molecule has 5 rings (SSSR count). The van der Waals surface area contributed by atoms with Gasteiger partial charge < -0.3 is 19.6 Å². The zero-order chi connectivity index (χ0) is 20.0. The lowest BCUT2D eigenvalue weighted by Gasteiger charge is -2.39. The fraction of sp³-hybridized carbons (Fsp3) is 0.545. The highest BCUT2D eigenvalue weighted by Crippen LogP contribution is 2.43. The van der Waals surface area contributed by atoms with Crippen LogP contribution < -0.4 is 4.90 Å². The minimum absolute atomic E-state index is 0.0728. The lowest BCUT2D eigenvalue weighted by atomic mass is 9.77. The minimum Gasteiger partial charge on any atom is -0.387 e. The molecule has 2 aromatic rings. The number of piperidine rings is 1. The first-order chi connectivity index (χ1) is 14.0. The molecule has 3 aliphatic heterocycles. The van der Waals surface area contributed by atoms with Crippen molar-refractivity contribution < 1.29 is 14.6 Å². The number of aliphatic hydroxyl groups excluding tert-OH is 1. The third-order valence-corrected chi connectivity index (χ3v) is 7.73. The molecule has 1 spiro atoms. The summed E-state index contributed by atoms with van der Waals surface area (Å²) in [6.45, 7) is 6.71. The highest BCUT2D eigenvalue weighted by Gasteiger charge is 2.45. The summed E-state index contributed by atoms with van der Waals surface area (Å²) in [5, 5.41) is 11.9. The van der Waals surface area contributed by atoms with Gasteiger partial charge in [0.15, 0.2) is 0 Å². The van der Waals surface area contributed by atoms with Gasteiger partial charge in [-0.1, -0.05) is 12.1 Å². The lowest BCUT2D eigenvalue weighted by Crippen LogP contribution is -2.43. The fourth-order valence-corrected chi connectivity index (χ4v) is 5.74. The van der Waals surface area contributed by atoms with E-state index in [1.54, 1.807) is 6.20 Å². The van der Waals surface area contributed by atoms with Crippen molar-refractivity contribution >= 4 is 22.4 Å². The molecule has 2 fully saturated rings. The second kappa shape index (κ2) is 7.47. The molecule has 0 aliphatic carbocycles. The van der Waals surface area contributed by atoms with Crippen molar-refractivity contribution in [1.82, 2.24) is 9.27 Å². The van der Waals surface area contributed by atoms with Crippen molar-refractivity contribution in [3.05, 3.63) is 46.6 Å². The highest BCUT2D eigenvalue weighted by atomic mass is 32.1. The summed E-state index contributed by atoms with van der Waals surface area (Å²) in [7, 11) is 0. The Kier molecular flexibility index (Phi) is 4.94. The van der Waals surface area contributed by atoms with Gasteiger partial charge in [0.05, 0.1) is 19.3 Å². The number of aliphatic hydroxyl groups is 1. The number of hydrogen-bond donors (Lipinski definition) is 1. The number of fused-ring (bicyclic) bond motifs is 1. The zero-order valence-electron chi connectivity index (χ0n) is 16.8. The van der Waals surface area contributed by atoms with Gasteiger partial charge in [0.1, 0.15) is 5.00 Å². The first kappa shape index (κ1) is 19.2. The molecule has 7 heteroatoms. The Balaban J connectivity index is 1.21. The number of hydrogen-bond acceptors (Lipinski definition) is 6. The molecule has 29 heavy (non-hydrogen) atoms. The van der Waals surface area contributed by atoms with Crippen molar-refractivity contribution in [3.63, 3.8) is 0 Å². The van der Waals surface area contributed by atoms with Crippen molar-refractivity contribution in [1.29, 1.82) is 0 Å². The van der Waals surface area contributed by atoms with Gasteiger partial charge in [-0.25, -0.2) is 0 Å². The summed E-state index contributed by atoms with van der Waals surface area (Å²) >= 11 is 1.39. The maximum Gasteiger partial charge on any atom is 0.228 e. The van der Waals surface area contributed by atoms with Gasteiger partial charge in [0, 0.05) is 25.7 Å². The van der Waals surface area contributed by atoms with Crippen LogP contribution in [0.3, 0.4) is 0 Å². The van der Waals surface area contributed by atoms with E-state index in [1.165, 1.54) is 28.2 Å². The molecule has 1 atom stereocenters. The van der Waals surface area contributed by atoms with Crippen LogP contribution in [-0.2, 0) is 22.7 Å². The Morgan fingerprint density at radius 2 is 2.10 bits per heavy atom. The summed E-state index contributed by atoms with van der Waals surface area (Å²) in [6.07, 6.45) is 3.89. The molecule has 4 heterocycles. The van der Waals surface area contributed by atoms with Crippen molar-refractivity contribution in [2.75, 3.05) is 31.1 Å². The number of benzene rings is 1. The molecule has 3 aliphatic rings. The molecule has 0 radical (unpaired) electrons. The maximum absolute atomic E-state index is 12.6. The predicted molar refractivity (Wildman–Crippen MR) is 112 cm³/mol. The number of nitrogens with zero attached hydrogens (tertiary/aromatic N) is 3. The SMILES string of the molecule is Cc1c([C@@H](O)CN2CCC3(CC2)CC(=O)N(c2ccns2)C3)ccc2c1COC2. The number of carbonyl (C=O) groups excluding carboxylic acids is 1. The monoisotopic (exact) mass is 413 g/mol. The van der Waals surface area contributed by atoms with Gasteiger partial charge in [0.25, 0.3) is 0 Å². The van der Waals surface area contributed by atoms with E-state index in [1.807, 2.05) is 11.0 Å². The molecule has 1 amide bonds. The van der Waals surface area contributed by atoms with Crippen LogP contribution in [0, 0.1) is 12.3 Å². The van der Waals surface area contributed by atoms with Crippen LogP contribution in [0.15, 0.2) is 24.4 Å². The average molecular weight is 414 g/mol. The number of aromatic nitrogens is 1. The Morgan fingerprint density at radius 1 is 1.28 bits per heavy atom. The second-order valence-electron chi connectivity index (χ2n) is 8.73. The number of β-amino-alcohol motifs (C(OH)–C–C–N with tert-alkyl or cyclic N) is 1. The van der Waals surface area contributed by atoms with Gasteiger partial charge in [0.2, 0.25) is 5.91 Å². The largest absolute Gasteiger partial charge is 0.387 e. The van der Waals surface area contributed by atoms with E-state index in [0.29, 0.717) is 26.2 Å². The van der Waals surface area contributed by atoms with Crippen LogP contribution in [0.2, 0.25) is 0 Å². The summed E-state index contributed by atoms with van der Waals surface area (Å²) in [4.78, 5) is 16.8. The Hall–Kier alpha value is -1.80. The normalized spacial score (nSPS) is 22.4. The van der Waals surface area contributed by atoms with E-state index in [2.05, 4.69) is 28.3 Å². The third kappa shape index (κ3) is 3.50. The first-order valence-corrected chi connectivity index (χ1v) is 11.1. The molecule has 154 valence electrons. The van der Waals surface area contributed by atoms with Gasteiger partial charge in [-0.05, 0) is 78.1 Å². The van der Waals surface area contributed by atoms with Crippen LogP contribution in [-0.4, -0.2) is 46.5 Å². The number of anilines is 1. The van der Waals surface area contributed by atoms with Gasteiger partial charge in [-0.2, -0.15) is 4.37 Å². The molecule has 2 saturated heterocycles. The average Bonchev–Trinajstić information content (AvgIpc) is 3.45. The van der Waals surface area contributed by atoms with Crippen LogP contribution in [0.5, 0.6) is 0 Å². The molecule has 1 N–H and O–H groups in total. The van der Waals surface area contributed by atoms with Gasteiger partial charge in [-0.15, -0.1) is 0 Å². The highest BCUT2D eigenvalue weighted by molar-refractivity contribution is 7.10. The molecule has 1 aromatic carbocycles. The number of likely N-dealkylation sites (tertiary alicyclic amines) is 1. The Bertz CT molecular complexity index is 906. The van der Waals surface area contributed by atoms with Crippen LogP contribution in [0.25, 0.3) is 0 Å².